The zero-order valence-electron chi connectivity index (χ0n) is 17.1. The third-order valence-corrected chi connectivity index (χ3v) is 5.17. The molecule has 2 aliphatic heterocycles. The molecule has 1 aromatic rings. The average molecular weight is 386 g/mol. The van der Waals surface area contributed by atoms with Crippen LogP contribution in [0, 0.1) is 0 Å². The zero-order valence-corrected chi connectivity index (χ0v) is 17.1. The summed E-state index contributed by atoms with van der Waals surface area (Å²) in [7, 11) is 1.59. The number of benzene rings is 1. The highest BCUT2D eigenvalue weighted by molar-refractivity contribution is 6.36. The van der Waals surface area contributed by atoms with Gasteiger partial charge in [0.15, 0.2) is 0 Å². The predicted molar refractivity (Wildman–Crippen MR) is 108 cm³/mol. The Bertz CT molecular complexity index is 751. The lowest BCUT2D eigenvalue weighted by atomic mass is 10.0. The Balaban J connectivity index is 1.91. The van der Waals surface area contributed by atoms with Gasteiger partial charge in [-0.1, -0.05) is 18.2 Å². The van der Waals surface area contributed by atoms with E-state index in [2.05, 4.69) is 4.90 Å². The quantitative estimate of drug-likeness (QED) is 0.508. The monoisotopic (exact) mass is 386 g/mol. The van der Waals surface area contributed by atoms with Crippen LogP contribution in [0.3, 0.4) is 0 Å². The molecule has 0 radical (unpaired) electrons. The fraction of sp³-hybridized carbons (Fsp3) is 0.545. The third-order valence-electron chi connectivity index (χ3n) is 5.17. The second-order valence-electron chi connectivity index (χ2n) is 7.51. The van der Waals surface area contributed by atoms with Crippen molar-refractivity contribution in [1.29, 1.82) is 0 Å². The zero-order chi connectivity index (χ0) is 20.1. The second-order valence-corrected chi connectivity index (χ2v) is 7.51. The molecule has 0 saturated carbocycles. The molecule has 28 heavy (non-hydrogen) atoms. The molecule has 2 heterocycles. The van der Waals surface area contributed by atoms with Crippen molar-refractivity contribution in [3.05, 3.63) is 35.5 Å². The minimum absolute atomic E-state index is 0.135. The van der Waals surface area contributed by atoms with Crippen molar-refractivity contribution in [3.63, 3.8) is 0 Å². The van der Waals surface area contributed by atoms with Crippen molar-refractivity contribution in [2.45, 2.75) is 45.6 Å². The van der Waals surface area contributed by atoms with Gasteiger partial charge in [0.1, 0.15) is 11.4 Å². The molecule has 0 spiro atoms. The Morgan fingerprint density at radius 3 is 2.43 bits per heavy atom. The largest absolute Gasteiger partial charge is 0.496 e. The van der Waals surface area contributed by atoms with Crippen LogP contribution in [0.2, 0.25) is 0 Å². The standard InChI is InChI=1S/C22H30N2O4/c1-16(2)28-15-9-14-24-21(25)19(17-10-5-6-11-18(17)27-3)20(22(24)26)23-12-7-4-8-13-23/h5-6,10-11,16H,4,7-9,12-15H2,1-3H3. The molecule has 3 rings (SSSR count). The Kier molecular flexibility index (Phi) is 6.73. The summed E-state index contributed by atoms with van der Waals surface area (Å²) in [5.74, 6) is 0.176. The Morgan fingerprint density at radius 1 is 1.04 bits per heavy atom. The van der Waals surface area contributed by atoms with E-state index in [0.29, 0.717) is 42.2 Å². The molecule has 6 heteroatoms. The summed E-state index contributed by atoms with van der Waals surface area (Å²) in [5, 5.41) is 0. The number of piperidine rings is 1. The number of para-hydroxylation sites is 1. The van der Waals surface area contributed by atoms with E-state index in [9.17, 15) is 9.59 Å². The fourth-order valence-electron chi connectivity index (χ4n) is 3.81. The van der Waals surface area contributed by atoms with Crippen LogP contribution < -0.4 is 4.74 Å². The minimum Gasteiger partial charge on any atom is -0.496 e. The molecule has 0 unspecified atom stereocenters. The molecule has 0 atom stereocenters. The number of hydrogen-bond acceptors (Lipinski definition) is 5. The van der Waals surface area contributed by atoms with Crippen molar-refractivity contribution >= 4 is 17.4 Å². The second kappa shape index (κ2) is 9.24. The van der Waals surface area contributed by atoms with Crippen LogP contribution in [-0.4, -0.2) is 61.1 Å². The van der Waals surface area contributed by atoms with Gasteiger partial charge in [-0.05, 0) is 45.6 Å². The highest BCUT2D eigenvalue weighted by Gasteiger charge is 2.42. The molecule has 1 aromatic carbocycles. The average Bonchev–Trinajstić information content (AvgIpc) is 2.95. The van der Waals surface area contributed by atoms with Crippen molar-refractivity contribution in [1.82, 2.24) is 9.80 Å². The van der Waals surface area contributed by atoms with Gasteiger partial charge in [-0.3, -0.25) is 14.5 Å². The first kappa shape index (κ1) is 20.4. The van der Waals surface area contributed by atoms with Crippen LogP contribution in [-0.2, 0) is 14.3 Å². The van der Waals surface area contributed by atoms with Gasteiger partial charge in [-0.15, -0.1) is 0 Å². The van der Waals surface area contributed by atoms with E-state index in [-0.39, 0.29) is 17.9 Å². The van der Waals surface area contributed by atoms with Crippen LogP contribution in [0.25, 0.3) is 5.57 Å². The maximum absolute atomic E-state index is 13.3. The van der Waals surface area contributed by atoms with Crippen LogP contribution in [0.5, 0.6) is 5.75 Å². The molecular formula is C22H30N2O4. The summed E-state index contributed by atoms with van der Waals surface area (Å²) < 4.78 is 11.1. The molecule has 1 fully saturated rings. The van der Waals surface area contributed by atoms with Crippen LogP contribution >= 0.6 is 0 Å². The van der Waals surface area contributed by atoms with E-state index in [0.717, 1.165) is 32.4 Å². The van der Waals surface area contributed by atoms with E-state index in [4.69, 9.17) is 9.47 Å². The lowest BCUT2D eigenvalue weighted by Gasteiger charge is -2.29. The molecule has 2 aliphatic rings. The Morgan fingerprint density at radius 2 is 1.75 bits per heavy atom. The fourth-order valence-corrected chi connectivity index (χ4v) is 3.81. The number of carbonyl (C=O) groups is 2. The van der Waals surface area contributed by atoms with Crippen molar-refractivity contribution in [2.75, 3.05) is 33.4 Å². The molecule has 0 aliphatic carbocycles. The van der Waals surface area contributed by atoms with Gasteiger partial charge in [0.2, 0.25) is 0 Å². The summed E-state index contributed by atoms with van der Waals surface area (Å²) in [4.78, 5) is 30.0. The molecule has 0 N–H and O–H groups in total. The first-order chi connectivity index (χ1) is 13.5. The molecule has 1 saturated heterocycles. The summed E-state index contributed by atoms with van der Waals surface area (Å²) in [6.45, 7) is 6.44. The first-order valence-corrected chi connectivity index (χ1v) is 10.1. The van der Waals surface area contributed by atoms with Gasteiger partial charge in [-0.2, -0.15) is 0 Å². The number of imide groups is 1. The van der Waals surface area contributed by atoms with Crippen molar-refractivity contribution in [3.8, 4) is 5.75 Å². The number of nitrogens with zero attached hydrogens (tertiary/aromatic N) is 2. The summed E-state index contributed by atoms with van der Waals surface area (Å²) >= 11 is 0. The van der Waals surface area contributed by atoms with E-state index >= 15 is 0 Å². The predicted octanol–water partition coefficient (Wildman–Crippen LogP) is 3.08. The van der Waals surface area contributed by atoms with Gasteiger partial charge in [0, 0.05) is 31.8 Å². The highest BCUT2D eigenvalue weighted by Crippen LogP contribution is 2.37. The van der Waals surface area contributed by atoms with E-state index in [1.165, 1.54) is 4.90 Å². The van der Waals surface area contributed by atoms with E-state index < -0.39 is 0 Å². The number of ether oxygens (including phenoxy) is 2. The topological polar surface area (TPSA) is 59.1 Å². The number of carbonyl (C=O) groups excluding carboxylic acids is 2. The van der Waals surface area contributed by atoms with Gasteiger partial charge >= 0.3 is 0 Å². The molecule has 6 nitrogen and oxygen atoms in total. The molecule has 0 bridgehead atoms. The van der Waals surface area contributed by atoms with Gasteiger partial charge in [-0.25, -0.2) is 0 Å². The van der Waals surface area contributed by atoms with Crippen molar-refractivity contribution < 1.29 is 19.1 Å². The number of likely N-dealkylation sites (tertiary alicyclic amines) is 1. The first-order valence-electron chi connectivity index (χ1n) is 10.1. The summed E-state index contributed by atoms with van der Waals surface area (Å²) in [6.07, 6.45) is 3.99. The van der Waals surface area contributed by atoms with Crippen LogP contribution in [0.4, 0.5) is 0 Å². The minimum atomic E-state index is -0.236. The van der Waals surface area contributed by atoms with E-state index in [1.807, 2.05) is 38.1 Å². The number of rotatable bonds is 8. The summed E-state index contributed by atoms with van der Waals surface area (Å²) in [6, 6.07) is 7.42. The lowest BCUT2D eigenvalue weighted by Crippen LogP contribution is -2.38. The maximum atomic E-state index is 13.3. The summed E-state index contributed by atoms with van der Waals surface area (Å²) in [5.41, 5.74) is 1.68. The third kappa shape index (κ3) is 4.22. The highest BCUT2D eigenvalue weighted by atomic mass is 16.5. The number of amides is 2. The smallest absolute Gasteiger partial charge is 0.277 e. The normalized spacial score (nSPS) is 17.9. The van der Waals surface area contributed by atoms with Crippen LogP contribution in [0.1, 0.15) is 45.1 Å². The Labute approximate surface area is 167 Å². The lowest BCUT2D eigenvalue weighted by molar-refractivity contribution is -0.137. The number of methoxy groups -OCH3 is 1. The van der Waals surface area contributed by atoms with Gasteiger partial charge in [0.05, 0.1) is 18.8 Å². The van der Waals surface area contributed by atoms with E-state index in [1.54, 1.807) is 7.11 Å². The van der Waals surface area contributed by atoms with Gasteiger partial charge < -0.3 is 14.4 Å². The maximum Gasteiger partial charge on any atom is 0.277 e. The molecule has 0 aromatic heterocycles. The molecule has 152 valence electrons. The molecule has 2 amide bonds. The van der Waals surface area contributed by atoms with Gasteiger partial charge in [0.25, 0.3) is 11.8 Å². The van der Waals surface area contributed by atoms with Crippen molar-refractivity contribution in [2.24, 2.45) is 0 Å². The number of hydrogen-bond donors (Lipinski definition) is 0. The molecular weight excluding hydrogens is 356 g/mol. The Hall–Kier alpha value is -2.34. The SMILES string of the molecule is COc1ccccc1C1=C(N2CCCCC2)C(=O)N(CCCOC(C)C)C1=O. The van der Waals surface area contributed by atoms with Crippen LogP contribution in [0.15, 0.2) is 30.0 Å².